The number of rotatable bonds is 5. The molecule has 2 aromatic carbocycles. The molecule has 2 N–H and O–H groups in total. The first-order valence-corrected chi connectivity index (χ1v) is 10.1. The Bertz CT molecular complexity index is 1260. The summed E-state index contributed by atoms with van der Waals surface area (Å²) in [6, 6.07) is 18.8. The fourth-order valence-electron chi connectivity index (χ4n) is 3.35. The van der Waals surface area contributed by atoms with Crippen LogP contribution >= 0.6 is 11.6 Å². The molecule has 0 unspecified atom stereocenters. The first kappa shape index (κ1) is 20.6. The van der Waals surface area contributed by atoms with Crippen molar-refractivity contribution in [2.24, 2.45) is 5.10 Å². The number of benzene rings is 2. The minimum absolute atomic E-state index is 0.314. The molecule has 0 spiro atoms. The predicted molar refractivity (Wildman–Crippen MR) is 122 cm³/mol. The van der Waals surface area contributed by atoms with Crippen LogP contribution in [0.4, 0.5) is 0 Å². The fourth-order valence-corrected chi connectivity index (χ4v) is 3.48. The summed E-state index contributed by atoms with van der Waals surface area (Å²) < 4.78 is 1.87. The Morgan fingerprint density at radius 1 is 1.10 bits per heavy atom. The monoisotopic (exact) mass is 432 g/mol. The molecule has 0 bridgehead atoms. The molecular weight excluding hydrogens is 412 g/mol. The molecule has 31 heavy (non-hydrogen) atoms. The minimum Gasteiger partial charge on any atom is -0.272 e. The molecule has 1 amide bonds. The van der Waals surface area contributed by atoms with E-state index >= 15 is 0 Å². The number of aryl methyl sites for hydroxylation is 1. The van der Waals surface area contributed by atoms with Gasteiger partial charge in [0.1, 0.15) is 5.69 Å². The van der Waals surface area contributed by atoms with E-state index in [1.165, 1.54) is 0 Å². The maximum Gasteiger partial charge on any atom is 0.289 e. The number of carbonyl (C=O) groups excluding carboxylic acids is 1. The maximum absolute atomic E-state index is 12.5. The zero-order valence-corrected chi connectivity index (χ0v) is 18.1. The van der Waals surface area contributed by atoms with Gasteiger partial charge in [-0.3, -0.25) is 9.89 Å². The van der Waals surface area contributed by atoms with Gasteiger partial charge < -0.3 is 0 Å². The van der Waals surface area contributed by atoms with Gasteiger partial charge in [-0.1, -0.05) is 41.9 Å². The molecule has 156 valence electrons. The molecule has 0 saturated heterocycles. The van der Waals surface area contributed by atoms with E-state index in [0.29, 0.717) is 22.1 Å². The number of hydrazone groups is 1. The standard InChI is InChI=1S/C23H21ClN6O/c1-14(17-9-11-18(24)12-10-17)25-28-23(31)21-13-20(26-27-21)22-15(2)29-30(16(22)3)19-7-5-4-6-8-19/h4-13H,1-3H3,(H,26,27)(H,28,31). The first-order valence-electron chi connectivity index (χ1n) is 9.72. The number of amides is 1. The van der Waals surface area contributed by atoms with Gasteiger partial charge in [0.05, 0.1) is 28.5 Å². The van der Waals surface area contributed by atoms with Crippen LogP contribution in [0.1, 0.15) is 34.4 Å². The second kappa shape index (κ2) is 8.57. The zero-order chi connectivity index (χ0) is 22.0. The Kier molecular flexibility index (Phi) is 5.68. The molecule has 4 rings (SSSR count). The van der Waals surface area contributed by atoms with Crippen molar-refractivity contribution < 1.29 is 4.79 Å². The van der Waals surface area contributed by atoms with Gasteiger partial charge in [-0.2, -0.15) is 15.3 Å². The van der Waals surface area contributed by atoms with Crippen molar-refractivity contribution in [1.29, 1.82) is 0 Å². The second-order valence-electron chi connectivity index (χ2n) is 7.11. The van der Waals surface area contributed by atoms with Crippen LogP contribution in [0, 0.1) is 13.8 Å². The van der Waals surface area contributed by atoms with Gasteiger partial charge in [0.25, 0.3) is 5.91 Å². The van der Waals surface area contributed by atoms with E-state index in [-0.39, 0.29) is 5.91 Å². The molecule has 4 aromatic rings. The summed E-state index contributed by atoms with van der Waals surface area (Å²) in [7, 11) is 0. The number of aromatic nitrogens is 4. The summed E-state index contributed by atoms with van der Waals surface area (Å²) in [6.07, 6.45) is 0. The number of hydrogen-bond acceptors (Lipinski definition) is 4. The Balaban J connectivity index is 1.54. The Morgan fingerprint density at radius 2 is 1.81 bits per heavy atom. The van der Waals surface area contributed by atoms with Crippen LogP contribution in [-0.2, 0) is 0 Å². The van der Waals surface area contributed by atoms with Crippen LogP contribution in [-0.4, -0.2) is 31.6 Å². The third-order valence-corrected chi connectivity index (χ3v) is 5.21. The number of aromatic amines is 1. The van der Waals surface area contributed by atoms with Gasteiger partial charge in [0.15, 0.2) is 0 Å². The van der Waals surface area contributed by atoms with E-state index in [9.17, 15) is 4.79 Å². The first-order chi connectivity index (χ1) is 14.9. The normalized spacial score (nSPS) is 11.5. The number of hydrogen-bond donors (Lipinski definition) is 2. The van der Waals surface area contributed by atoms with E-state index in [2.05, 4.69) is 25.8 Å². The summed E-state index contributed by atoms with van der Waals surface area (Å²) in [4.78, 5) is 12.5. The molecule has 2 aromatic heterocycles. The number of halogens is 1. The smallest absolute Gasteiger partial charge is 0.272 e. The summed E-state index contributed by atoms with van der Waals surface area (Å²) in [6.45, 7) is 5.72. The lowest BCUT2D eigenvalue weighted by Gasteiger charge is -2.04. The molecular formula is C23H21ClN6O. The highest BCUT2D eigenvalue weighted by Gasteiger charge is 2.19. The molecule has 0 saturated carbocycles. The minimum atomic E-state index is -0.377. The Hall–Kier alpha value is -3.71. The number of carbonyl (C=O) groups is 1. The number of para-hydroxylation sites is 1. The van der Waals surface area contributed by atoms with Crippen LogP contribution in [0.2, 0.25) is 5.02 Å². The molecule has 0 aliphatic rings. The van der Waals surface area contributed by atoms with Crippen LogP contribution in [0.15, 0.2) is 65.8 Å². The van der Waals surface area contributed by atoms with Gasteiger partial charge in [-0.25, -0.2) is 10.1 Å². The number of nitrogens with one attached hydrogen (secondary N) is 2. The van der Waals surface area contributed by atoms with Crippen molar-refractivity contribution in [3.63, 3.8) is 0 Å². The van der Waals surface area contributed by atoms with Gasteiger partial charge in [0.2, 0.25) is 0 Å². The van der Waals surface area contributed by atoms with Gasteiger partial charge >= 0.3 is 0 Å². The quantitative estimate of drug-likeness (QED) is 0.354. The number of nitrogens with zero attached hydrogens (tertiary/aromatic N) is 4. The lowest BCUT2D eigenvalue weighted by atomic mass is 10.1. The molecule has 0 aliphatic carbocycles. The highest BCUT2D eigenvalue weighted by atomic mass is 35.5. The summed E-state index contributed by atoms with van der Waals surface area (Å²) >= 11 is 5.91. The third kappa shape index (κ3) is 4.27. The van der Waals surface area contributed by atoms with Crippen LogP contribution in [0.5, 0.6) is 0 Å². The molecule has 8 heteroatoms. The second-order valence-corrected chi connectivity index (χ2v) is 7.54. The lowest BCUT2D eigenvalue weighted by molar-refractivity contribution is 0.0950. The predicted octanol–water partition coefficient (Wildman–Crippen LogP) is 4.69. The van der Waals surface area contributed by atoms with E-state index in [0.717, 1.165) is 28.2 Å². The maximum atomic E-state index is 12.5. The van der Waals surface area contributed by atoms with Crippen molar-refractivity contribution in [2.75, 3.05) is 0 Å². The summed E-state index contributed by atoms with van der Waals surface area (Å²) in [5.74, 6) is -0.377. The SMILES string of the molecule is CC(=NNC(=O)c1cc(-c2c(C)nn(-c3ccccc3)c2C)n[nH]1)c1ccc(Cl)cc1. The number of H-pyrrole nitrogens is 1. The molecule has 0 fully saturated rings. The zero-order valence-electron chi connectivity index (χ0n) is 17.3. The van der Waals surface area contributed by atoms with Gasteiger partial charge in [-0.05, 0) is 56.7 Å². The molecule has 0 aliphatic heterocycles. The Morgan fingerprint density at radius 3 is 2.52 bits per heavy atom. The van der Waals surface area contributed by atoms with E-state index in [4.69, 9.17) is 11.6 Å². The van der Waals surface area contributed by atoms with E-state index < -0.39 is 0 Å². The summed E-state index contributed by atoms with van der Waals surface area (Å²) in [5.41, 5.74) is 8.69. The van der Waals surface area contributed by atoms with Gasteiger partial charge in [-0.15, -0.1) is 0 Å². The van der Waals surface area contributed by atoms with Crippen molar-refractivity contribution in [1.82, 2.24) is 25.4 Å². The van der Waals surface area contributed by atoms with Crippen molar-refractivity contribution in [3.8, 4) is 16.9 Å². The van der Waals surface area contributed by atoms with E-state index in [1.54, 1.807) is 18.2 Å². The highest BCUT2D eigenvalue weighted by molar-refractivity contribution is 6.30. The topological polar surface area (TPSA) is 88.0 Å². The van der Waals surface area contributed by atoms with Crippen LogP contribution in [0.25, 0.3) is 16.9 Å². The highest BCUT2D eigenvalue weighted by Crippen LogP contribution is 2.27. The molecule has 7 nitrogen and oxygen atoms in total. The average Bonchev–Trinajstić information content (AvgIpc) is 3.37. The van der Waals surface area contributed by atoms with Crippen molar-refractivity contribution in [3.05, 3.63) is 88.3 Å². The van der Waals surface area contributed by atoms with Gasteiger partial charge in [0, 0.05) is 10.6 Å². The van der Waals surface area contributed by atoms with E-state index in [1.807, 2.05) is 67.9 Å². The van der Waals surface area contributed by atoms with Crippen molar-refractivity contribution >= 4 is 23.2 Å². The van der Waals surface area contributed by atoms with Crippen LogP contribution < -0.4 is 5.43 Å². The molecule has 2 heterocycles. The largest absolute Gasteiger partial charge is 0.289 e. The molecule has 0 atom stereocenters. The molecule has 0 radical (unpaired) electrons. The summed E-state index contributed by atoms with van der Waals surface area (Å²) in [5, 5.41) is 16.6. The Labute approximate surface area is 184 Å². The van der Waals surface area contributed by atoms with Crippen molar-refractivity contribution in [2.45, 2.75) is 20.8 Å². The third-order valence-electron chi connectivity index (χ3n) is 4.96. The fraction of sp³-hybridized carbons (Fsp3) is 0.130. The lowest BCUT2D eigenvalue weighted by Crippen LogP contribution is -2.19. The van der Waals surface area contributed by atoms with Crippen LogP contribution in [0.3, 0.4) is 0 Å². The average molecular weight is 433 g/mol.